The van der Waals surface area contributed by atoms with E-state index in [1.165, 1.54) is 30.3 Å². The number of phenols is 1. The molecule has 0 saturated heterocycles. The van der Waals surface area contributed by atoms with Gasteiger partial charge >= 0.3 is 5.97 Å². The summed E-state index contributed by atoms with van der Waals surface area (Å²) in [4.78, 5) is 44.6. The van der Waals surface area contributed by atoms with Gasteiger partial charge in [0.05, 0.1) is 17.7 Å². The number of hydrazine groups is 1. The molecule has 8 rings (SSSR count). The van der Waals surface area contributed by atoms with Crippen molar-refractivity contribution in [1.29, 1.82) is 0 Å². The first kappa shape index (κ1) is 36.6. The number of thiophene rings is 1. The molecule has 0 saturated carbocycles. The molecule has 1 atom stereocenters. The number of rotatable bonds is 6. The van der Waals surface area contributed by atoms with Crippen LogP contribution in [0, 0.1) is 20.8 Å². The van der Waals surface area contributed by atoms with E-state index in [4.69, 9.17) is 33.2 Å². The fourth-order valence-electron chi connectivity index (χ4n) is 6.81. The second-order valence-corrected chi connectivity index (χ2v) is 15.2. The molecular weight excluding hydrogens is 774 g/mol. The number of hydrogen-bond donors (Lipinski definition) is 5. The Bertz CT molecular complexity index is 2830. The van der Waals surface area contributed by atoms with Gasteiger partial charge < -0.3 is 19.9 Å². The summed E-state index contributed by atoms with van der Waals surface area (Å²) in [5.41, 5.74) is 10.5. The number of halogens is 1. The molecule has 13 nitrogen and oxygen atoms in total. The molecule has 2 aliphatic heterocycles. The Morgan fingerprint density at radius 3 is 2.48 bits per heavy atom. The van der Waals surface area contributed by atoms with Gasteiger partial charge in [0.2, 0.25) is 5.91 Å². The van der Waals surface area contributed by atoms with Crippen LogP contribution < -0.4 is 21.6 Å². The van der Waals surface area contributed by atoms with Crippen LogP contribution in [-0.4, -0.2) is 47.7 Å². The minimum atomic E-state index is -1.22. The number of benzene rings is 4. The lowest BCUT2D eigenvalue weighted by Crippen LogP contribution is -2.44. The van der Waals surface area contributed by atoms with Crippen LogP contribution >= 0.6 is 35.2 Å². The summed E-state index contributed by atoms with van der Waals surface area (Å²) in [7, 11) is 0. The molecule has 2 aromatic heterocycles. The number of carbonyl (C=O) groups is 2. The molecule has 1 amide bonds. The summed E-state index contributed by atoms with van der Waals surface area (Å²) in [6.45, 7) is 5.96. The quantitative estimate of drug-likeness (QED) is 0.0638. The molecule has 1 unspecified atom stereocenters. The van der Waals surface area contributed by atoms with Gasteiger partial charge in [-0.3, -0.25) is 30.0 Å². The number of anilines is 1. The summed E-state index contributed by atoms with van der Waals surface area (Å²) in [6, 6.07) is 20.1. The van der Waals surface area contributed by atoms with Crippen LogP contribution in [0.25, 0.3) is 38.4 Å². The fourth-order valence-corrected chi connectivity index (χ4v) is 8.32. The molecule has 0 bridgehead atoms. The van der Waals surface area contributed by atoms with Crippen LogP contribution in [0.3, 0.4) is 0 Å². The number of nitrogens with zero attached hydrogens (tertiary/aromatic N) is 4. The molecule has 4 heterocycles. The van der Waals surface area contributed by atoms with Gasteiger partial charge in [0.1, 0.15) is 34.0 Å². The fraction of sp³-hybridized carbons (Fsp3) is 0.125. The van der Waals surface area contributed by atoms with Crippen LogP contribution in [0.1, 0.15) is 56.0 Å². The first-order chi connectivity index (χ1) is 26.9. The number of phenolic OH excluding ortho intramolecular Hbond substituents is 1. The Hall–Kier alpha value is -6.42. The zero-order valence-electron chi connectivity index (χ0n) is 29.8. The molecule has 0 radical (unpaired) electrons. The average Bonchev–Trinajstić information content (AvgIpc) is 3.64. The van der Waals surface area contributed by atoms with Crippen molar-refractivity contribution in [3.8, 4) is 33.2 Å². The van der Waals surface area contributed by atoms with Crippen LogP contribution in [0.4, 0.5) is 5.69 Å². The van der Waals surface area contributed by atoms with Gasteiger partial charge in [-0.25, -0.2) is 4.79 Å². The number of aromatic hydroxyl groups is 1. The maximum absolute atomic E-state index is 13.5. The summed E-state index contributed by atoms with van der Waals surface area (Å²) in [5.74, 6) is -0.300. The van der Waals surface area contributed by atoms with Crippen molar-refractivity contribution in [2.45, 2.75) is 33.2 Å². The topological polar surface area (TPSA) is 184 Å². The summed E-state index contributed by atoms with van der Waals surface area (Å²) in [6.07, 6.45) is -0.105. The van der Waals surface area contributed by atoms with E-state index >= 15 is 0 Å². The van der Waals surface area contributed by atoms with Crippen LogP contribution in [-0.2, 0) is 4.79 Å². The summed E-state index contributed by atoms with van der Waals surface area (Å²) in [5, 5.41) is 34.2. The molecule has 56 heavy (non-hydrogen) atoms. The van der Waals surface area contributed by atoms with Crippen LogP contribution in [0.15, 0.2) is 93.1 Å². The number of amides is 1. The maximum atomic E-state index is 13.5. The molecular formula is C40H30ClN7O6S2. The van der Waals surface area contributed by atoms with Crippen molar-refractivity contribution in [3.63, 3.8) is 0 Å². The molecule has 1 aliphatic carbocycles. The van der Waals surface area contributed by atoms with Crippen molar-refractivity contribution in [2.24, 2.45) is 4.99 Å². The van der Waals surface area contributed by atoms with E-state index in [-0.39, 0.29) is 39.6 Å². The zero-order chi connectivity index (χ0) is 39.4. The van der Waals surface area contributed by atoms with E-state index < -0.39 is 17.9 Å². The molecule has 5 aromatic rings. The molecule has 0 fully saturated rings. The monoisotopic (exact) mass is 803 g/mol. The van der Waals surface area contributed by atoms with Gasteiger partial charge in [0.15, 0.2) is 16.4 Å². The van der Waals surface area contributed by atoms with E-state index in [2.05, 4.69) is 33.3 Å². The van der Waals surface area contributed by atoms with Crippen LogP contribution in [0.5, 0.6) is 5.75 Å². The first-order valence-corrected chi connectivity index (χ1v) is 18.8. The predicted octanol–water partition coefficient (Wildman–Crippen LogP) is 7.49. The van der Waals surface area contributed by atoms with Gasteiger partial charge in [-0.15, -0.1) is 21.5 Å². The number of carboxylic acids is 1. The lowest BCUT2D eigenvalue weighted by Gasteiger charge is -2.18. The van der Waals surface area contributed by atoms with Crippen molar-refractivity contribution >= 4 is 74.5 Å². The van der Waals surface area contributed by atoms with E-state index in [0.717, 1.165) is 26.6 Å². The van der Waals surface area contributed by atoms with Crippen molar-refractivity contribution in [2.75, 3.05) is 5.32 Å². The highest BCUT2D eigenvalue weighted by Crippen LogP contribution is 2.43. The lowest BCUT2D eigenvalue weighted by atomic mass is 9.90. The van der Waals surface area contributed by atoms with Gasteiger partial charge in [0.25, 0.3) is 0 Å². The smallest absolute Gasteiger partial charge is 0.336 e. The Morgan fingerprint density at radius 1 is 0.946 bits per heavy atom. The second-order valence-electron chi connectivity index (χ2n) is 13.1. The third-order valence-corrected chi connectivity index (χ3v) is 11.2. The molecule has 16 heteroatoms. The molecule has 0 spiro atoms. The van der Waals surface area contributed by atoms with Gasteiger partial charge in [-0.2, -0.15) is 0 Å². The Kier molecular flexibility index (Phi) is 9.36. The van der Waals surface area contributed by atoms with E-state index in [1.807, 2.05) is 30.5 Å². The maximum Gasteiger partial charge on any atom is 0.336 e. The van der Waals surface area contributed by atoms with Crippen molar-refractivity contribution < 1.29 is 24.2 Å². The highest BCUT2D eigenvalue weighted by Gasteiger charge is 2.32. The SMILES string of the molecule is Cc1sc2c(c1C)C(c1ccc(Cl)cc1)=NC(CC(=O)NNC(=S)Nc1ccc(-c3c4ccc(=O)cc-4oc4cc(O)ccc34)c(C(=O)O)c1)c1nnc(C)n1-2. The first-order valence-electron chi connectivity index (χ1n) is 17.2. The van der Waals surface area contributed by atoms with Gasteiger partial charge in [-0.05, 0) is 92.6 Å². The number of aromatic carboxylic acids is 1. The number of thiocarbonyl (C=S) groups is 1. The summed E-state index contributed by atoms with van der Waals surface area (Å²) < 4.78 is 7.87. The molecule has 3 aliphatic rings. The molecule has 280 valence electrons. The minimum absolute atomic E-state index is 0.00573. The van der Waals surface area contributed by atoms with Gasteiger partial charge in [-0.1, -0.05) is 29.8 Å². The van der Waals surface area contributed by atoms with Crippen molar-refractivity contribution in [1.82, 2.24) is 25.6 Å². The largest absolute Gasteiger partial charge is 0.508 e. The minimum Gasteiger partial charge on any atom is -0.508 e. The van der Waals surface area contributed by atoms with Crippen LogP contribution in [0.2, 0.25) is 5.02 Å². The Balaban J connectivity index is 1.04. The summed E-state index contributed by atoms with van der Waals surface area (Å²) >= 11 is 13.3. The van der Waals surface area contributed by atoms with E-state index in [1.54, 1.807) is 47.7 Å². The number of carbonyl (C=O) groups excluding carboxylic acids is 1. The number of nitrogens with one attached hydrogen (secondary N) is 3. The standard InChI is InChI=1S/C40H30ClN7O6S2/c1-18-19(2)56-38-34(18)36(21-4-6-22(41)7-5-21)43-30(37-46-44-20(3)48(37)38)17-33(51)45-47-40(55)42-23-8-11-26(29(14-23)39(52)53)35-27-12-9-24(49)15-31(27)54-32-16-25(50)10-13-28(32)35/h4-16,30,49H,17H2,1-3H3,(H,45,51)(H,52,53)(H2,42,47,55). The van der Waals surface area contributed by atoms with Gasteiger partial charge in [0, 0.05) is 55.4 Å². The number of aliphatic imine (C=N–C) groups is 1. The third-order valence-electron chi connectivity index (χ3n) is 9.51. The third kappa shape index (κ3) is 6.65. The molecule has 5 N–H and O–H groups in total. The molecule has 3 aromatic carbocycles. The Labute approximate surface area is 332 Å². The normalized spacial score (nSPS) is 13.4. The number of aryl methyl sites for hydroxylation is 2. The second kappa shape index (κ2) is 14.3. The lowest BCUT2D eigenvalue weighted by molar-refractivity contribution is -0.122. The highest BCUT2D eigenvalue weighted by atomic mass is 35.5. The van der Waals surface area contributed by atoms with Crippen molar-refractivity contribution in [3.05, 3.63) is 133 Å². The highest BCUT2D eigenvalue weighted by molar-refractivity contribution is 7.80. The number of fused-ring (bicyclic) bond motifs is 5. The van der Waals surface area contributed by atoms with E-state index in [0.29, 0.717) is 50.1 Å². The predicted molar refractivity (Wildman–Crippen MR) is 219 cm³/mol. The Morgan fingerprint density at radius 2 is 1.71 bits per heavy atom. The number of hydrogen-bond acceptors (Lipinski definition) is 10. The number of aromatic nitrogens is 3. The zero-order valence-corrected chi connectivity index (χ0v) is 32.2. The average molecular weight is 804 g/mol. The number of carboxylic acid groups (broad SMARTS) is 1. The van der Waals surface area contributed by atoms with E-state index in [9.17, 15) is 24.6 Å².